The highest BCUT2D eigenvalue weighted by atomic mass is 16.7. The molecule has 12 atom stereocenters. The van der Waals surface area contributed by atoms with Gasteiger partial charge in [-0.05, 0) is 26.0 Å². The number of fused-ring (bicyclic) bond motifs is 8. The molecule has 0 radical (unpaired) electrons. The number of rotatable bonds is 12. The Morgan fingerprint density at radius 2 is 0.963 bits per heavy atom. The van der Waals surface area contributed by atoms with Crippen molar-refractivity contribution in [3.05, 3.63) is 103 Å². The maximum atomic E-state index is 14.2. The summed E-state index contributed by atoms with van der Waals surface area (Å²) in [7, 11) is 2.62. The number of hydrogen-bond donors (Lipinski definition) is 8. The van der Waals surface area contributed by atoms with Gasteiger partial charge in [0.2, 0.25) is 11.6 Å². The minimum absolute atomic E-state index is 0.0509. The molecule has 4 fully saturated rings. The number of aromatic hydroxyl groups is 4. The van der Waals surface area contributed by atoms with Crippen LogP contribution in [0.2, 0.25) is 0 Å². The van der Waals surface area contributed by atoms with Crippen molar-refractivity contribution in [2.45, 2.75) is 125 Å². The fraction of sp³-hybridized carbons (Fsp3) is 0.474. The molecule has 8 aliphatic rings. The van der Waals surface area contributed by atoms with E-state index in [9.17, 15) is 69.6 Å². The summed E-state index contributed by atoms with van der Waals surface area (Å²) < 4.78 is 49.3. The highest BCUT2D eigenvalue weighted by molar-refractivity contribution is 6.32. The zero-order valence-corrected chi connectivity index (χ0v) is 44.2. The molecule has 4 aromatic rings. The topological polar surface area (TPSA) is 345 Å². The molecule has 12 rings (SSSR count). The lowest BCUT2D eigenvalue weighted by atomic mass is 9.72. The van der Waals surface area contributed by atoms with Crippen molar-refractivity contribution in [1.82, 2.24) is 9.80 Å². The van der Waals surface area contributed by atoms with Gasteiger partial charge in [-0.1, -0.05) is 24.3 Å². The Kier molecular flexibility index (Phi) is 13.5. The highest BCUT2D eigenvalue weighted by Crippen LogP contribution is 2.55. The van der Waals surface area contributed by atoms with Crippen LogP contribution in [0.25, 0.3) is 0 Å². The standard InChI is InChI=1S/C57H58N2O22/c1-22-54-28(11-36(78-22)80-32-15-56(72,34(62)17-60)13-26-40(32)52(70)44-42(48(26)66)46(64)24-7-5-9-30(74-3)38(24)50(44)68)58(20-76-54)19-59-21-77-55-23(2)79-37(12-29(55)59)81-33-16-57(73,35(63)18-61)14-27-41(33)53(71)45-43(49(27)67)47(65)25-8-6-10-31(75-4)39(25)51(45)69/h5-10,22-23,28-29,32-33,36-37,54-55,60-61,66-67,70-73H,11-21H2,1-4H3/t22-,23-,28-,29-,32-,33-,36?,37?,54+,55+,56-,57-/m0/s1. The highest BCUT2D eigenvalue weighted by Gasteiger charge is 2.55. The first kappa shape index (κ1) is 54.8. The van der Waals surface area contributed by atoms with Crippen molar-refractivity contribution in [2.75, 3.05) is 47.6 Å². The number of ether oxygens (including phenoxy) is 8. The molecule has 0 saturated carbocycles. The van der Waals surface area contributed by atoms with Gasteiger partial charge in [0.25, 0.3) is 0 Å². The lowest BCUT2D eigenvalue weighted by Gasteiger charge is -2.44. The van der Waals surface area contributed by atoms with Gasteiger partial charge in [0, 0.05) is 84.0 Å². The average Bonchev–Trinajstić information content (AvgIpc) is 2.83. The summed E-state index contributed by atoms with van der Waals surface area (Å²) in [6, 6.07) is 7.79. The average molecular weight is 1120 g/mol. The molecule has 4 heterocycles. The summed E-state index contributed by atoms with van der Waals surface area (Å²) in [6.45, 7) is 1.77. The predicted octanol–water partition coefficient (Wildman–Crippen LogP) is 1.65. The summed E-state index contributed by atoms with van der Waals surface area (Å²) in [6.07, 6.45) is -9.71. The van der Waals surface area contributed by atoms with Crippen molar-refractivity contribution in [3.63, 3.8) is 0 Å². The molecule has 2 unspecified atom stereocenters. The zero-order chi connectivity index (χ0) is 57.5. The Morgan fingerprint density at radius 1 is 0.580 bits per heavy atom. The van der Waals surface area contributed by atoms with Crippen molar-refractivity contribution < 1.29 is 108 Å². The van der Waals surface area contributed by atoms with Crippen LogP contribution in [-0.4, -0.2) is 193 Å². The third-order valence-corrected chi connectivity index (χ3v) is 17.6. The molecular formula is C57H58N2O22. The summed E-state index contributed by atoms with van der Waals surface area (Å²) >= 11 is 0. The molecule has 4 aliphatic heterocycles. The van der Waals surface area contributed by atoms with E-state index in [-0.39, 0.29) is 89.0 Å². The number of carbonyl (C=O) groups is 6. The van der Waals surface area contributed by atoms with E-state index in [4.69, 9.17) is 37.9 Å². The first-order valence-corrected chi connectivity index (χ1v) is 26.5. The third-order valence-electron chi connectivity index (χ3n) is 17.6. The monoisotopic (exact) mass is 1120 g/mol. The van der Waals surface area contributed by atoms with E-state index >= 15 is 0 Å². The number of Topliss-reactive ketones (excluding diaryl/α,β-unsaturated/α-hetero) is 2. The van der Waals surface area contributed by atoms with E-state index in [1.807, 2.05) is 9.80 Å². The summed E-state index contributed by atoms with van der Waals surface area (Å²) in [5.41, 5.74) is -8.10. The quantitative estimate of drug-likeness (QED) is 0.0808. The second kappa shape index (κ2) is 20.0. The number of hydrogen-bond acceptors (Lipinski definition) is 24. The Labute approximate surface area is 460 Å². The van der Waals surface area contributed by atoms with Crippen molar-refractivity contribution in [1.29, 1.82) is 0 Å². The second-order valence-corrected chi connectivity index (χ2v) is 22.0. The largest absolute Gasteiger partial charge is 0.507 e. The number of benzene rings is 4. The molecule has 0 bridgehead atoms. The maximum absolute atomic E-state index is 14.2. The number of carbonyl (C=O) groups excluding carboxylic acids is 6. The fourth-order valence-electron chi connectivity index (χ4n) is 13.6. The molecular weight excluding hydrogens is 1060 g/mol. The number of nitrogens with zero attached hydrogens (tertiary/aromatic N) is 2. The summed E-state index contributed by atoms with van der Waals surface area (Å²) in [4.78, 5) is 87.2. The Hall–Kier alpha value is -6.78. The van der Waals surface area contributed by atoms with Crippen LogP contribution in [-0.2, 0) is 50.9 Å². The van der Waals surface area contributed by atoms with Crippen molar-refractivity contribution in [2.24, 2.45) is 0 Å². The molecule has 4 aromatic carbocycles. The van der Waals surface area contributed by atoms with E-state index < -0.39 is 191 Å². The first-order chi connectivity index (χ1) is 38.7. The number of phenols is 4. The summed E-state index contributed by atoms with van der Waals surface area (Å²) in [5, 5.41) is 91.7. The van der Waals surface area contributed by atoms with E-state index in [0.717, 1.165) is 0 Å². The van der Waals surface area contributed by atoms with Crippen LogP contribution in [0.15, 0.2) is 36.4 Å². The van der Waals surface area contributed by atoms with Crippen molar-refractivity contribution in [3.8, 4) is 34.5 Å². The predicted molar refractivity (Wildman–Crippen MR) is 271 cm³/mol. The molecule has 0 spiro atoms. The Morgan fingerprint density at radius 3 is 1.33 bits per heavy atom. The molecule has 4 saturated heterocycles. The zero-order valence-electron chi connectivity index (χ0n) is 44.2. The number of aliphatic hydroxyl groups excluding tert-OH is 2. The van der Waals surface area contributed by atoms with Crippen LogP contribution in [0.5, 0.6) is 34.5 Å². The van der Waals surface area contributed by atoms with Crippen LogP contribution >= 0.6 is 0 Å². The van der Waals surface area contributed by atoms with Crippen LogP contribution < -0.4 is 9.47 Å². The number of ketones is 6. The minimum atomic E-state index is -2.37. The van der Waals surface area contributed by atoms with Gasteiger partial charge in [0.05, 0.1) is 78.7 Å². The molecule has 428 valence electrons. The first-order valence-electron chi connectivity index (χ1n) is 26.5. The molecule has 24 nitrogen and oxygen atoms in total. The number of phenolic OH excluding ortho intramolecular Hbond substituents is 4. The maximum Gasteiger partial charge on any atom is 0.202 e. The van der Waals surface area contributed by atoms with Gasteiger partial charge in [-0.3, -0.25) is 38.6 Å². The lowest BCUT2D eigenvalue weighted by Crippen LogP contribution is -2.55. The van der Waals surface area contributed by atoms with E-state index in [1.165, 1.54) is 50.6 Å². The number of aliphatic hydroxyl groups is 4. The SMILES string of the molecule is COc1cccc2c1C(=O)c1c(O)c3c(c(O)c1C2=O)C[C@@](O)(C(=O)CO)C[C@@H]3OC1C[C@H]2[C@H](OCN2CN2CO[C@@H]3[C@H](C)OC(O[C@H]4C[C@](O)(C(=O)CO)Cc5c(O)c6c(c(O)c54)C(=O)c4c(OC)cccc4C6=O)C[C@@H]32)[C@H](C)O1. The lowest BCUT2D eigenvalue weighted by molar-refractivity contribution is -0.248. The molecule has 4 aliphatic carbocycles. The normalized spacial score (nSPS) is 31.3. The molecule has 81 heavy (non-hydrogen) atoms. The third kappa shape index (κ3) is 8.32. The van der Waals surface area contributed by atoms with Gasteiger partial charge in [-0.15, -0.1) is 0 Å². The van der Waals surface area contributed by atoms with Crippen LogP contribution in [0, 0.1) is 0 Å². The van der Waals surface area contributed by atoms with Gasteiger partial charge in [-0.2, -0.15) is 0 Å². The molecule has 0 aromatic heterocycles. The van der Waals surface area contributed by atoms with Gasteiger partial charge < -0.3 is 78.7 Å². The van der Waals surface area contributed by atoms with Crippen LogP contribution in [0.1, 0.15) is 138 Å². The minimum Gasteiger partial charge on any atom is -0.507 e. The van der Waals surface area contributed by atoms with Gasteiger partial charge >= 0.3 is 0 Å². The van der Waals surface area contributed by atoms with Gasteiger partial charge in [0.1, 0.15) is 84.6 Å². The van der Waals surface area contributed by atoms with Crippen LogP contribution in [0.4, 0.5) is 0 Å². The van der Waals surface area contributed by atoms with E-state index in [2.05, 4.69) is 0 Å². The number of methoxy groups -OCH3 is 2. The molecule has 24 heteroatoms. The fourth-order valence-corrected chi connectivity index (χ4v) is 13.6. The van der Waals surface area contributed by atoms with Crippen molar-refractivity contribution >= 4 is 34.7 Å². The second-order valence-electron chi connectivity index (χ2n) is 22.0. The molecule has 0 amide bonds. The molecule has 8 N–H and O–H groups in total. The van der Waals surface area contributed by atoms with Crippen LogP contribution in [0.3, 0.4) is 0 Å². The van der Waals surface area contributed by atoms with Gasteiger partial charge in [-0.25, -0.2) is 0 Å². The smallest absolute Gasteiger partial charge is 0.202 e. The summed E-state index contributed by atoms with van der Waals surface area (Å²) in [5.74, 6) is -8.15. The van der Waals surface area contributed by atoms with E-state index in [0.29, 0.717) is 0 Å². The Bertz CT molecular complexity index is 3180. The van der Waals surface area contributed by atoms with Gasteiger partial charge in [0.15, 0.2) is 35.7 Å². The Balaban J connectivity index is 0.808. The van der Waals surface area contributed by atoms with E-state index in [1.54, 1.807) is 13.8 Å².